The fourth-order valence-electron chi connectivity index (χ4n) is 5.74. The maximum atomic E-state index is 13.2. The first-order chi connectivity index (χ1) is 18.1. The van der Waals surface area contributed by atoms with Crippen molar-refractivity contribution < 1.29 is 9.53 Å². The molecule has 2 fully saturated rings. The van der Waals surface area contributed by atoms with Crippen molar-refractivity contribution in [2.24, 2.45) is 5.92 Å². The Bertz CT molecular complexity index is 1210. The first kappa shape index (κ1) is 30.9. The third kappa shape index (κ3) is 6.94. The fraction of sp³-hybridized carbons (Fsp3) is 0.571. The highest BCUT2D eigenvalue weighted by atomic mass is 35.5. The molecule has 1 aliphatic carbocycles. The molecular formula is C28H41Cl2N7O2. The highest BCUT2D eigenvalue weighted by molar-refractivity contribution is 5.87. The summed E-state index contributed by atoms with van der Waals surface area (Å²) in [6.07, 6.45) is 7.75. The van der Waals surface area contributed by atoms with Crippen LogP contribution in [0.1, 0.15) is 45.1 Å². The van der Waals surface area contributed by atoms with Gasteiger partial charge in [0.25, 0.3) is 0 Å². The lowest BCUT2D eigenvalue weighted by atomic mass is 9.84. The molecule has 1 saturated heterocycles. The standard InChI is InChI=1S/C28H39N7O2.2ClH/c1-4-32(3)23-11-9-22(10-12-23)28(36)34-15-13-33(14-16-34)26-25-18-31-35(27(25)30-20-29-26)19-21-7-6-8-24(17-21)37-5-2;;/h6-8,17-18,20,22-23H,4-5,9-16,19H2,1-3H3;2*1H. The second-order valence-corrected chi connectivity index (χ2v) is 10.2. The molecule has 214 valence electrons. The number of ether oxygens (including phenoxy) is 1. The van der Waals surface area contributed by atoms with Crippen molar-refractivity contribution in [3.63, 3.8) is 0 Å². The molecule has 0 N–H and O–H groups in total. The van der Waals surface area contributed by atoms with Crippen molar-refractivity contribution in [3.8, 4) is 5.75 Å². The molecule has 5 rings (SSSR count). The van der Waals surface area contributed by atoms with E-state index in [0.717, 1.165) is 86.6 Å². The number of fused-ring (bicyclic) bond motifs is 1. The molecular weight excluding hydrogens is 537 g/mol. The normalized spacial score (nSPS) is 19.5. The molecule has 3 aromatic rings. The molecule has 1 aromatic carbocycles. The lowest BCUT2D eigenvalue weighted by molar-refractivity contribution is -0.137. The number of anilines is 1. The first-order valence-corrected chi connectivity index (χ1v) is 13.7. The number of halogens is 2. The van der Waals surface area contributed by atoms with Crippen LogP contribution in [-0.2, 0) is 11.3 Å². The molecule has 0 spiro atoms. The van der Waals surface area contributed by atoms with Crippen LogP contribution in [0.15, 0.2) is 36.8 Å². The van der Waals surface area contributed by atoms with Gasteiger partial charge in [0.05, 0.1) is 24.7 Å². The van der Waals surface area contributed by atoms with Crippen LogP contribution in [0.4, 0.5) is 5.82 Å². The summed E-state index contributed by atoms with van der Waals surface area (Å²) in [5.41, 5.74) is 1.93. The monoisotopic (exact) mass is 577 g/mol. The molecule has 11 heteroatoms. The number of benzene rings is 1. The van der Waals surface area contributed by atoms with E-state index in [-0.39, 0.29) is 30.7 Å². The number of piperazine rings is 1. The highest BCUT2D eigenvalue weighted by Gasteiger charge is 2.32. The lowest BCUT2D eigenvalue weighted by Gasteiger charge is -2.39. The van der Waals surface area contributed by atoms with Gasteiger partial charge in [0.2, 0.25) is 5.91 Å². The average Bonchev–Trinajstić information content (AvgIpc) is 3.35. The molecule has 3 heterocycles. The maximum absolute atomic E-state index is 13.2. The van der Waals surface area contributed by atoms with Crippen LogP contribution >= 0.6 is 24.8 Å². The summed E-state index contributed by atoms with van der Waals surface area (Å²) in [7, 11) is 2.19. The van der Waals surface area contributed by atoms with E-state index in [9.17, 15) is 4.79 Å². The molecule has 0 radical (unpaired) electrons. The van der Waals surface area contributed by atoms with Gasteiger partial charge >= 0.3 is 0 Å². The number of carbonyl (C=O) groups is 1. The summed E-state index contributed by atoms with van der Waals surface area (Å²) in [6, 6.07) is 8.71. The van der Waals surface area contributed by atoms with E-state index in [1.54, 1.807) is 6.33 Å². The number of hydrogen-bond acceptors (Lipinski definition) is 7. The minimum Gasteiger partial charge on any atom is -0.494 e. The number of hydrogen-bond donors (Lipinski definition) is 0. The number of amides is 1. The zero-order valence-electron chi connectivity index (χ0n) is 23.2. The zero-order chi connectivity index (χ0) is 25.8. The predicted molar refractivity (Wildman–Crippen MR) is 159 cm³/mol. The van der Waals surface area contributed by atoms with E-state index in [1.807, 2.05) is 36.0 Å². The lowest BCUT2D eigenvalue weighted by Crippen LogP contribution is -2.51. The van der Waals surface area contributed by atoms with Gasteiger partial charge in [-0.1, -0.05) is 19.1 Å². The Kier molecular flexibility index (Phi) is 11.2. The van der Waals surface area contributed by atoms with Gasteiger partial charge < -0.3 is 19.4 Å². The van der Waals surface area contributed by atoms with E-state index in [2.05, 4.69) is 49.8 Å². The van der Waals surface area contributed by atoms with Gasteiger partial charge in [0.1, 0.15) is 17.9 Å². The Morgan fingerprint density at radius 3 is 2.49 bits per heavy atom. The average molecular weight is 579 g/mol. The van der Waals surface area contributed by atoms with Crippen molar-refractivity contribution >= 4 is 47.6 Å². The number of nitrogens with zero attached hydrogens (tertiary/aromatic N) is 7. The van der Waals surface area contributed by atoms with Crippen LogP contribution in [0.3, 0.4) is 0 Å². The van der Waals surface area contributed by atoms with Gasteiger partial charge in [-0.05, 0) is 63.9 Å². The molecule has 1 saturated carbocycles. The smallest absolute Gasteiger partial charge is 0.225 e. The quantitative estimate of drug-likeness (QED) is 0.395. The fourth-order valence-corrected chi connectivity index (χ4v) is 5.74. The van der Waals surface area contributed by atoms with Gasteiger partial charge in [-0.3, -0.25) is 4.79 Å². The summed E-state index contributed by atoms with van der Waals surface area (Å²) in [5.74, 6) is 2.28. The highest BCUT2D eigenvalue weighted by Crippen LogP contribution is 2.30. The van der Waals surface area contributed by atoms with Gasteiger partial charge in [-0.25, -0.2) is 14.6 Å². The molecule has 0 unspecified atom stereocenters. The van der Waals surface area contributed by atoms with E-state index >= 15 is 0 Å². The Morgan fingerprint density at radius 2 is 1.79 bits per heavy atom. The van der Waals surface area contributed by atoms with Crippen LogP contribution in [0.25, 0.3) is 11.0 Å². The predicted octanol–water partition coefficient (Wildman–Crippen LogP) is 4.28. The zero-order valence-corrected chi connectivity index (χ0v) is 24.8. The van der Waals surface area contributed by atoms with E-state index < -0.39 is 0 Å². The summed E-state index contributed by atoms with van der Waals surface area (Å²) >= 11 is 0. The molecule has 1 aliphatic heterocycles. The summed E-state index contributed by atoms with van der Waals surface area (Å²) in [6.45, 7) is 9.52. The molecule has 0 atom stereocenters. The van der Waals surface area contributed by atoms with Crippen LogP contribution in [0.2, 0.25) is 0 Å². The summed E-state index contributed by atoms with van der Waals surface area (Å²) in [5, 5.41) is 5.58. The van der Waals surface area contributed by atoms with Gasteiger partial charge in [0.15, 0.2) is 5.65 Å². The number of rotatable bonds is 8. The SMILES string of the molecule is CCOc1cccc(Cn2ncc3c(N4CCN(C(=O)C5CCC(N(C)CC)CC5)CC4)ncnc32)c1.Cl.Cl. The molecule has 2 aliphatic rings. The van der Waals surface area contributed by atoms with Crippen molar-refractivity contribution in [2.45, 2.75) is 52.1 Å². The van der Waals surface area contributed by atoms with E-state index in [1.165, 1.54) is 0 Å². The van der Waals surface area contributed by atoms with Crippen molar-refractivity contribution in [3.05, 3.63) is 42.4 Å². The Labute approximate surface area is 243 Å². The van der Waals surface area contributed by atoms with Crippen LogP contribution in [0, 0.1) is 5.92 Å². The van der Waals surface area contributed by atoms with Crippen LogP contribution in [0.5, 0.6) is 5.75 Å². The third-order valence-electron chi connectivity index (χ3n) is 8.01. The second kappa shape index (κ2) is 14.1. The largest absolute Gasteiger partial charge is 0.494 e. The van der Waals surface area contributed by atoms with Crippen molar-refractivity contribution in [2.75, 3.05) is 51.3 Å². The number of carbonyl (C=O) groups excluding carboxylic acids is 1. The first-order valence-electron chi connectivity index (χ1n) is 13.7. The Hall–Kier alpha value is -2.62. The molecule has 0 bridgehead atoms. The molecule has 2 aromatic heterocycles. The topological polar surface area (TPSA) is 79.6 Å². The molecule has 1 amide bonds. The Balaban J connectivity index is 0.00000210. The maximum Gasteiger partial charge on any atom is 0.225 e. The molecule has 9 nitrogen and oxygen atoms in total. The van der Waals surface area contributed by atoms with E-state index in [0.29, 0.717) is 25.1 Å². The van der Waals surface area contributed by atoms with Gasteiger partial charge in [0, 0.05) is 38.1 Å². The van der Waals surface area contributed by atoms with Crippen molar-refractivity contribution in [1.82, 2.24) is 29.5 Å². The Morgan fingerprint density at radius 1 is 1.05 bits per heavy atom. The van der Waals surface area contributed by atoms with Crippen molar-refractivity contribution in [1.29, 1.82) is 0 Å². The minimum atomic E-state index is 0. The third-order valence-corrected chi connectivity index (χ3v) is 8.01. The number of aromatic nitrogens is 4. The van der Waals surface area contributed by atoms with Crippen LogP contribution < -0.4 is 9.64 Å². The molecule has 39 heavy (non-hydrogen) atoms. The summed E-state index contributed by atoms with van der Waals surface area (Å²) in [4.78, 5) is 29.2. The summed E-state index contributed by atoms with van der Waals surface area (Å²) < 4.78 is 7.56. The van der Waals surface area contributed by atoms with Gasteiger partial charge in [-0.15, -0.1) is 24.8 Å². The minimum absolute atomic E-state index is 0. The second-order valence-electron chi connectivity index (χ2n) is 10.2. The van der Waals surface area contributed by atoms with Crippen LogP contribution in [-0.4, -0.2) is 87.9 Å². The van der Waals surface area contributed by atoms with Gasteiger partial charge in [-0.2, -0.15) is 5.10 Å². The van der Waals surface area contributed by atoms with E-state index in [4.69, 9.17) is 4.74 Å².